The predicted octanol–water partition coefficient (Wildman–Crippen LogP) is 4.15. The van der Waals surface area contributed by atoms with Gasteiger partial charge in [0.05, 0.1) is 10.1 Å². The van der Waals surface area contributed by atoms with Crippen LogP contribution >= 0.6 is 0 Å². The van der Waals surface area contributed by atoms with Gasteiger partial charge in [0.25, 0.3) is 0 Å². The van der Waals surface area contributed by atoms with Crippen LogP contribution in [0.1, 0.15) is 39.2 Å². The van der Waals surface area contributed by atoms with Crippen LogP contribution < -0.4 is 0 Å². The van der Waals surface area contributed by atoms with Gasteiger partial charge < -0.3 is 0 Å². The zero-order valence-electron chi connectivity index (χ0n) is 12.8. The molecule has 2 nitrogen and oxygen atoms in total. The lowest BCUT2D eigenvalue weighted by molar-refractivity contribution is 0.298. The lowest BCUT2D eigenvalue weighted by atomic mass is 9.78. The first-order valence-electron chi connectivity index (χ1n) is 7.13. The zero-order chi connectivity index (χ0) is 15.1. The first-order valence-corrected chi connectivity index (χ1v) is 8.68. The van der Waals surface area contributed by atoms with Gasteiger partial charge in [-0.3, -0.25) is 0 Å². The van der Waals surface area contributed by atoms with Crippen LogP contribution in [-0.4, -0.2) is 13.7 Å². The molecule has 1 saturated carbocycles. The SMILES string of the molecule is C=C(C)C1CCC(S(=O)(=O)c2ccc(C)cc2)C1(C)C. The second-order valence-electron chi connectivity index (χ2n) is 6.64. The van der Waals surface area contributed by atoms with E-state index in [0.717, 1.165) is 24.0 Å². The number of rotatable bonds is 3. The summed E-state index contributed by atoms with van der Waals surface area (Å²) in [6, 6.07) is 7.19. The summed E-state index contributed by atoms with van der Waals surface area (Å²) in [6.45, 7) is 12.1. The van der Waals surface area contributed by atoms with Crippen LogP contribution in [0, 0.1) is 18.3 Å². The summed E-state index contributed by atoms with van der Waals surface area (Å²) < 4.78 is 25.8. The molecule has 0 spiro atoms. The van der Waals surface area contributed by atoms with E-state index in [2.05, 4.69) is 20.4 Å². The predicted molar refractivity (Wildman–Crippen MR) is 83.5 cm³/mol. The highest BCUT2D eigenvalue weighted by Gasteiger charge is 2.49. The van der Waals surface area contributed by atoms with Crippen molar-refractivity contribution in [3.05, 3.63) is 42.0 Å². The molecule has 20 heavy (non-hydrogen) atoms. The van der Waals surface area contributed by atoms with Gasteiger partial charge in [-0.05, 0) is 50.2 Å². The summed E-state index contributed by atoms with van der Waals surface area (Å²) in [5.74, 6) is 0.285. The van der Waals surface area contributed by atoms with Crippen molar-refractivity contribution < 1.29 is 8.42 Å². The average molecular weight is 292 g/mol. The quantitative estimate of drug-likeness (QED) is 0.784. The number of sulfone groups is 1. The molecular weight excluding hydrogens is 268 g/mol. The monoisotopic (exact) mass is 292 g/mol. The van der Waals surface area contributed by atoms with Crippen LogP contribution in [0.15, 0.2) is 41.3 Å². The Balaban J connectivity index is 2.41. The van der Waals surface area contributed by atoms with E-state index in [1.165, 1.54) is 0 Å². The van der Waals surface area contributed by atoms with E-state index in [1.54, 1.807) is 12.1 Å². The van der Waals surface area contributed by atoms with E-state index in [9.17, 15) is 8.42 Å². The van der Waals surface area contributed by atoms with Gasteiger partial charge in [0.15, 0.2) is 9.84 Å². The van der Waals surface area contributed by atoms with Crippen LogP contribution in [0.2, 0.25) is 0 Å². The molecule has 2 atom stereocenters. The van der Waals surface area contributed by atoms with Crippen molar-refractivity contribution in [3.8, 4) is 0 Å². The minimum Gasteiger partial charge on any atom is -0.223 e. The van der Waals surface area contributed by atoms with Gasteiger partial charge in [0.2, 0.25) is 0 Å². The summed E-state index contributed by atoms with van der Waals surface area (Å²) in [5.41, 5.74) is 1.92. The molecule has 1 fully saturated rings. The van der Waals surface area contributed by atoms with Gasteiger partial charge in [-0.15, -0.1) is 0 Å². The number of hydrogen-bond donors (Lipinski definition) is 0. The lowest BCUT2D eigenvalue weighted by Gasteiger charge is -2.33. The second-order valence-corrected chi connectivity index (χ2v) is 8.77. The van der Waals surface area contributed by atoms with Crippen molar-refractivity contribution in [1.82, 2.24) is 0 Å². The van der Waals surface area contributed by atoms with Gasteiger partial charge in [0.1, 0.15) is 0 Å². The fourth-order valence-electron chi connectivity index (χ4n) is 3.62. The Morgan fingerprint density at radius 3 is 2.20 bits per heavy atom. The maximum Gasteiger partial charge on any atom is 0.181 e. The molecule has 3 heteroatoms. The Bertz CT molecular complexity index is 609. The van der Waals surface area contributed by atoms with Gasteiger partial charge >= 0.3 is 0 Å². The van der Waals surface area contributed by atoms with Crippen LogP contribution in [0.3, 0.4) is 0 Å². The Morgan fingerprint density at radius 1 is 1.20 bits per heavy atom. The lowest BCUT2D eigenvalue weighted by Crippen LogP contribution is -2.35. The molecular formula is C17H24O2S. The summed E-state index contributed by atoms with van der Waals surface area (Å²) in [7, 11) is -3.27. The number of hydrogen-bond acceptors (Lipinski definition) is 2. The number of benzene rings is 1. The molecule has 1 aliphatic rings. The smallest absolute Gasteiger partial charge is 0.181 e. The minimum atomic E-state index is -3.27. The first kappa shape index (κ1) is 15.3. The van der Waals surface area contributed by atoms with Crippen LogP contribution in [0.25, 0.3) is 0 Å². The van der Waals surface area contributed by atoms with Gasteiger partial charge in [-0.1, -0.05) is 43.7 Å². The molecule has 2 rings (SSSR count). The molecule has 0 saturated heterocycles. The number of aryl methyl sites for hydroxylation is 1. The van der Waals surface area contributed by atoms with E-state index in [1.807, 2.05) is 26.0 Å². The Morgan fingerprint density at radius 2 is 1.75 bits per heavy atom. The van der Waals surface area contributed by atoms with E-state index in [4.69, 9.17) is 0 Å². The average Bonchev–Trinajstić information content (AvgIpc) is 2.65. The molecule has 0 heterocycles. The molecule has 0 aromatic heterocycles. The van der Waals surface area contributed by atoms with Crippen molar-refractivity contribution in [2.75, 3.05) is 0 Å². The van der Waals surface area contributed by atoms with Crippen molar-refractivity contribution in [2.24, 2.45) is 11.3 Å². The Hall–Kier alpha value is -1.09. The van der Waals surface area contributed by atoms with E-state index in [0.29, 0.717) is 4.90 Å². The third-order valence-corrected chi connectivity index (χ3v) is 7.29. The molecule has 110 valence electrons. The van der Waals surface area contributed by atoms with Gasteiger partial charge in [-0.2, -0.15) is 0 Å². The van der Waals surface area contributed by atoms with Crippen molar-refractivity contribution in [2.45, 2.75) is 50.7 Å². The van der Waals surface area contributed by atoms with Gasteiger partial charge in [-0.25, -0.2) is 8.42 Å². The summed E-state index contributed by atoms with van der Waals surface area (Å²) in [5, 5.41) is -0.320. The molecule has 1 aromatic rings. The second kappa shape index (κ2) is 5.03. The first-order chi connectivity index (χ1) is 9.17. The highest BCUT2D eigenvalue weighted by atomic mass is 32.2. The maximum atomic E-state index is 12.9. The molecule has 0 N–H and O–H groups in total. The molecule has 0 radical (unpaired) electrons. The third-order valence-electron chi connectivity index (χ3n) is 4.76. The van der Waals surface area contributed by atoms with Crippen molar-refractivity contribution in [1.29, 1.82) is 0 Å². The highest BCUT2D eigenvalue weighted by molar-refractivity contribution is 7.92. The van der Waals surface area contributed by atoms with E-state index in [-0.39, 0.29) is 16.6 Å². The maximum absolute atomic E-state index is 12.9. The van der Waals surface area contributed by atoms with Crippen LogP contribution in [0.4, 0.5) is 0 Å². The Kier molecular flexibility index (Phi) is 3.85. The fraction of sp³-hybridized carbons (Fsp3) is 0.529. The summed E-state index contributed by atoms with van der Waals surface area (Å²) >= 11 is 0. The van der Waals surface area contributed by atoms with Crippen molar-refractivity contribution in [3.63, 3.8) is 0 Å². The third kappa shape index (κ3) is 2.44. The topological polar surface area (TPSA) is 34.1 Å². The molecule has 1 aliphatic carbocycles. The Labute approximate surface area is 122 Å². The summed E-state index contributed by atoms with van der Waals surface area (Å²) in [4.78, 5) is 0.448. The highest BCUT2D eigenvalue weighted by Crippen LogP contribution is 2.50. The molecule has 1 aromatic carbocycles. The molecule has 0 aliphatic heterocycles. The van der Waals surface area contributed by atoms with Crippen molar-refractivity contribution >= 4 is 9.84 Å². The van der Waals surface area contributed by atoms with Crippen LogP contribution in [0.5, 0.6) is 0 Å². The normalized spacial score (nSPS) is 25.6. The van der Waals surface area contributed by atoms with Crippen LogP contribution in [-0.2, 0) is 9.84 Å². The van der Waals surface area contributed by atoms with E-state index < -0.39 is 9.84 Å². The molecule has 0 amide bonds. The number of allylic oxidation sites excluding steroid dienone is 1. The zero-order valence-corrected chi connectivity index (χ0v) is 13.6. The standard InChI is InChI=1S/C17H24O2S/c1-12(2)15-10-11-16(17(15,4)5)20(18,19)14-8-6-13(3)7-9-14/h6-9,15-16H,1,10-11H2,2-5H3. The molecule has 2 unspecified atom stereocenters. The largest absolute Gasteiger partial charge is 0.223 e. The van der Waals surface area contributed by atoms with Gasteiger partial charge in [0, 0.05) is 0 Å². The molecule has 0 bridgehead atoms. The summed E-state index contributed by atoms with van der Waals surface area (Å²) in [6.07, 6.45) is 1.64. The van der Waals surface area contributed by atoms with E-state index >= 15 is 0 Å². The minimum absolute atomic E-state index is 0.254. The fourth-order valence-corrected chi connectivity index (χ4v) is 5.87.